The van der Waals surface area contributed by atoms with E-state index in [1.165, 1.54) is 37.7 Å². The Kier molecular flexibility index (Phi) is 9.41. The maximum absolute atomic E-state index is 8.38. The maximum Gasteiger partial charge on any atom is 0.0991 e. The van der Waals surface area contributed by atoms with Gasteiger partial charge in [-0.3, -0.25) is 0 Å². The van der Waals surface area contributed by atoms with E-state index >= 15 is 0 Å². The van der Waals surface area contributed by atoms with Gasteiger partial charge < -0.3 is 0 Å². The Morgan fingerprint density at radius 1 is 0.938 bits per heavy atom. The lowest BCUT2D eigenvalue weighted by atomic mass is 10.2. The van der Waals surface area contributed by atoms with E-state index in [2.05, 4.69) is 19.9 Å². The highest BCUT2D eigenvalue weighted by atomic mass is 14.2. The average Bonchev–Trinajstić information content (AvgIpc) is 2.32. The van der Waals surface area contributed by atoms with Crippen molar-refractivity contribution in [2.24, 2.45) is 0 Å². The van der Waals surface area contributed by atoms with Gasteiger partial charge in [0.25, 0.3) is 0 Å². The zero-order valence-electron chi connectivity index (χ0n) is 10.8. The fourth-order valence-electron chi connectivity index (χ4n) is 1.30. The minimum atomic E-state index is 0.723. The Morgan fingerprint density at radius 3 is 1.81 bits per heavy atom. The highest BCUT2D eigenvalue weighted by Crippen LogP contribution is 2.00. The van der Waals surface area contributed by atoms with E-state index in [1.54, 1.807) is 0 Å². The van der Waals surface area contributed by atoms with Crippen LogP contribution in [-0.2, 0) is 0 Å². The minimum absolute atomic E-state index is 0.723. The van der Waals surface area contributed by atoms with Gasteiger partial charge in [0.05, 0.1) is 11.6 Å². The van der Waals surface area contributed by atoms with Gasteiger partial charge in [-0.15, -0.1) is 0 Å². The molecule has 88 valence electrons. The predicted molar refractivity (Wildman–Crippen MR) is 70.3 cm³/mol. The van der Waals surface area contributed by atoms with E-state index in [0.29, 0.717) is 0 Å². The largest absolute Gasteiger partial charge is 0.192 e. The fraction of sp³-hybridized carbons (Fsp3) is 0.533. The van der Waals surface area contributed by atoms with Crippen molar-refractivity contribution >= 4 is 0 Å². The molecule has 1 aromatic carbocycles. The number of nitriles is 1. The first-order chi connectivity index (χ1) is 7.74. The second-order valence-electron chi connectivity index (χ2n) is 4.04. The minimum Gasteiger partial charge on any atom is -0.192 e. The molecule has 0 unspecified atom stereocenters. The van der Waals surface area contributed by atoms with Gasteiger partial charge in [0.15, 0.2) is 0 Å². The summed E-state index contributed by atoms with van der Waals surface area (Å²) in [6.45, 7) is 6.49. The Morgan fingerprint density at radius 2 is 1.44 bits per heavy atom. The third-order valence-electron chi connectivity index (χ3n) is 2.39. The molecular weight excluding hydrogens is 194 g/mol. The van der Waals surface area contributed by atoms with Crippen LogP contribution in [0.4, 0.5) is 0 Å². The van der Waals surface area contributed by atoms with E-state index in [0.717, 1.165) is 5.56 Å². The van der Waals surface area contributed by atoms with E-state index < -0.39 is 0 Å². The van der Waals surface area contributed by atoms with Gasteiger partial charge in [-0.25, -0.2) is 0 Å². The lowest BCUT2D eigenvalue weighted by molar-refractivity contribution is 0.656. The van der Waals surface area contributed by atoms with Crippen LogP contribution in [0.5, 0.6) is 0 Å². The summed E-state index contributed by atoms with van der Waals surface area (Å²) in [7, 11) is 0. The molecule has 1 aromatic rings. The Balaban J connectivity index is 0.000000293. The molecule has 0 aliphatic rings. The molecule has 16 heavy (non-hydrogen) atoms. The summed E-state index contributed by atoms with van der Waals surface area (Å²) in [5, 5.41) is 8.38. The number of benzene rings is 1. The van der Waals surface area contributed by atoms with Crippen molar-refractivity contribution in [3.63, 3.8) is 0 Å². The highest BCUT2D eigenvalue weighted by molar-refractivity contribution is 5.30. The second kappa shape index (κ2) is 10.2. The van der Waals surface area contributed by atoms with E-state index in [4.69, 9.17) is 5.26 Å². The zero-order valence-corrected chi connectivity index (χ0v) is 10.8. The van der Waals surface area contributed by atoms with Crippen LogP contribution in [0.1, 0.15) is 57.1 Å². The topological polar surface area (TPSA) is 23.8 Å². The second-order valence-corrected chi connectivity index (χ2v) is 4.04. The van der Waals surface area contributed by atoms with E-state index in [9.17, 15) is 0 Å². The fourth-order valence-corrected chi connectivity index (χ4v) is 1.30. The number of hydrogen-bond donors (Lipinski definition) is 0. The molecule has 0 fully saturated rings. The average molecular weight is 217 g/mol. The number of nitrogens with zero attached hydrogens (tertiary/aromatic N) is 1. The Hall–Kier alpha value is -1.29. The standard InChI is InChI=1S/C8H7N.C7H16/c1-7-2-4-8(6-9)5-3-7;1-3-5-7-6-4-2/h2-5H,1H3;3-7H2,1-2H3. The molecule has 1 rings (SSSR count). The van der Waals surface area contributed by atoms with Gasteiger partial charge in [0.2, 0.25) is 0 Å². The molecule has 0 atom stereocenters. The van der Waals surface area contributed by atoms with Gasteiger partial charge >= 0.3 is 0 Å². The monoisotopic (exact) mass is 217 g/mol. The quantitative estimate of drug-likeness (QED) is 0.662. The molecule has 1 nitrogen and oxygen atoms in total. The van der Waals surface area contributed by atoms with Crippen LogP contribution in [0.15, 0.2) is 24.3 Å². The molecule has 0 bridgehead atoms. The van der Waals surface area contributed by atoms with E-state index in [-0.39, 0.29) is 0 Å². The third kappa shape index (κ3) is 8.05. The smallest absolute Gasteiger partial charge is 0.0991 e. The number of rotatable bonds is 4. The van der Waals surface area contributed by atoms with Crippen LogP contribution in [0.2, 0.25) is 0 Å². The van der Waals surface area contributed by atoms with E-state index in [1.807, 2.05) is 31.2 Å². The van der Waals surface area contributed by atoms with Crippen molar-refractivity contribution in [3.05, 3.63) is 35.4 Å². The summed E-state index contributed by atoms with van der Waals surface area (Å²) < 4.78 is 0. The Bertz CT molecular complexity index is 288. The lowest BCUT2D eigenvalue weighted by Gasteiger charge is -1.90. The first kappa shape index (κ1) is 14.7. The first-order valence-corrected chi connectivity index (χ1v) is 6.21. The van der Waals surface area contributed by atoms with Crippen LogP contribution in [-0.4, -0.2) is 0 Å². The summed E-state index contributed by atoms with van der Waals surface area (Å²) in [4.78, 5) is 0. The van der Waals surface area contributed by atoms with Crippen LogP contribution >= 0.6 is 0 Å². The molecule has 1 heteroatoms. The van der Waals surface area contributed by atoms with Crippen molar-refractivity contribution in [1.82, 2.24) is 0 Å². The lowest BCUT2D eigenvalue weighted by Crippen LogP contribution is -1.72. The molecule has 0 saturated heterocycles. The molecular formula is C15H23N. The third-order valence-corrected chi connectivity index (χ3v) is 2.39. The Labute approximate surface area is 100 Å². The highest BCUT2D eigenvalue weighted by Gasteiger charge is 1.85. The molecule has 0 N–H and O–H groups in total. The van der Waals surface area contributed by atoms with Gasteiger partial charge in [0.1, 0.15) is 0 Å². The molecule has 0 radical (unpaired) electrons. The van der Waals surface area contributed by atoms with Gasteiger partial charge in [-0.05, 0) is 19.1 Å². The van der Waals surface area contributed by atoms with Crippen molar-refractivity contribution in [2.45, 2.75) is 52.9 Å². The molecule has 0 spiro atoms. The molecule has 0 aliphatic heterocycles. The maximum atomic E-state index is 8.38. The summed E-state index contributed by atoms with van der Waals surface area (Å²) in [5.41, 5.74) is 1.91. The van der Waals surface area contributed by atoms with Crippen molar-refractivity contribution in [2.75, 3.05) is 0 Å². The normalized spacial score (nSPS) is 8.88. The van der Waals surface area contributed by atoms with Crippen LogP contribution < -0.4 is 0 Å². The molecule has 0 amide bonds. The summed E-state index contributed by atoms with van der Waals surface area (Å²) >= 11 is 0. The molecule has 0 heterocycles. The number of hydrogen-bond acceptors (Lipinski definition) is 1. The first-order valence-electron chi connectivity index (χ1n) is 6.21. The SMILES string of the molecule is CCCCCCC.Cc1ccc(C#N)cc1. The van der Waals surface area contributed by atoms with Crippen LogP contribution in [0.25, 0.3) is 0 Å². The van der Waals surface area contributed by atoms with Crippen LogP contribution in [0, 0.1) is 18.3 Å². The van der Waals surface area contributed by atoms with Crippen molar-refractivity contribution in [1.29, 1.82) is 5.26 Å². The molecule has 0 aromatic heterocycles. The molecule has 0 saturated carbocycles. The molecule has 0 aliphatic carbocycles. The van der Waals surface area contributed by atoms with Crippen molar-refractivity contribution in [3.8, 4) is 6.07 Å². The number of aryl methyl sites for hydroxylation is 1. The van der Waals surface area contributed by atoms with Gasteiger partial charge in [-0.2, -0.15) is 5.26 Å². The van der Waals surface area contributed by atoms with Gasteiger partial charge in [0, 0.05) is 0 Å². The van der Waals surface area contributed by atoms with Gasteiger partial charge in [-0.1, -0.05) is 63.6 Å². The number of unbranched alkanes of at least 4 members (excludes halogenated alkanes) is 4. The summed E-state index contributed by atoms with van der Waals surface area (Å²) in [6.07, 6.45) is 7.01. The summed E-state index contributed by atoms with van der Waals surface area (Å²) in [5.74, 6) is 0. The van der Waals surface area contributed by atoms with Crippen molar-refractivity contribution < 1.29 is 0 Å². The predicted octanol–water partition coefficient (Wildman–Crippen LogP) is 4.84. The zero-order chi connectivity index (χ0) is 12.2. The summed E-state index contributed by atoms with van der Waals surface area (Å²) in [6, 6.07) is 9.54. The van der Waals surface area contributed by atoms with Crippen LogP contribution in [0.3, 0.4) is 0 Å².